The standard InChI is InChI=1S/C12H18N4O2/c1-8-7-13-9(2)15(8)5-6-16-10(17)12(3,4)14-11(16)18/h7H,5-6H2,1-4H3,(H,14,18). The van der Waals surface area contributed by atoms with Crippen molar-refractivity contribution in [2.24, 2.45) is 0 Å². The van der Waals surface area contributed by atoms with E-state index < -0.39 is 5.54 Å². The molecule has 18 heavy (non-hydrogen) atoms. The topological polar surface area (TPSA) is 67.2 Å². The van der Waals surface area contributed by atoms with Crippen LogP contribution in [-0.4, -0.2) is 38.5 Å². The van der Waals surface area contributed by atoms with Gasteiger partial charge in [-0.3, -0.25) is 9.69 Å². The van der Waals surface area contributed by atoms with Crippen molar-refractivity contribution >= 4 is 11.9 Å². The number of imidazole rings is 1. The fourth-order valence-corrected chi connectivity index (χ4v) is 2.14. The third kappa shape index (κ3) is 1.98. The van der Waals surface area contributed by atoms with Crippen LogP contribution in [0.15, 0.2) is 6.20 Å². The van der Waals surface area contributed by atoms with E-state index >= 15 is 0 Å². The summed E-state index contributed by atoms with van der Waals surface area (Å²) in [5.41, 5.74) is 0.231. The number of hydrogen-bond donors (Lipinski definition) is 1. The van der Waals surface area contributed by atoms with Crippen LogP contribution in [-0.2, 0) is 11.3 Å². The normalized spacial score (nSPS) is 18.3. The van der Waals surface area contributed by atoms with E-state index in [1.807, 2.05) is 18.4 Å². The van der Waals surface area contributed by atoms with Crippen LogP contribution in [0, 0.1) is 13.8 Å². The molecule has 2 rings (SSSR count). The van der Waals surface area contributed by atoms with Crippen LogP contribution in [0.5, 0.6) is 0 Å². The lowest BCUT2D eigenvalue weighted by Gasteiger charge is -2.17. The Hall–Kier alpha value is -1.85. The Morgan fingerprint density at radius 2 is 1.94 bits per heavy atom. The molecule has 0 aromatic carbocycles. The van der Waals surface area contributed by atoms with E-state index in [0.29, 0.717) is 13.1 Å². The van der Waals surface area contributed by atoms with Gasteiger partial charge in [-0.15, -0.1) is 0 Å². The van der Waals surface area contributed by atoms with E-state index in [1.54, 1.807) is 20.0 Å². The number of urea groups is 1. The van der Waals surface area contributed by atoms with Crippen molar-refractivity contribution in [3.8, 4) is 0 Å². The molecule has 0 aliphatic carbocycles. The summed E-state index contributed by atoms with van der Waals surface area (Å²) in [5, 5.41) is 2.66. The van der Waals surface area contributed by atoms with Crippen molar-refractivity contribution in [2.45, 2.75) is 39.8 Å². The van der Waals surface area contributed by atoms with Crippen molar-refractivity contribution in [3.63, 3.8) is 0 Å². The number of nitrogens with zero attached hydrogens (tertiary/aromatic N) is 3. The van der Waals surface area contributed by atoms with Crippen LogP contribution in [0.25, 0.3) is 0 Å². The average molecular weight is 250 g/mol. The summed E-state index contributed by atoms with van der Waals surface area (Å²) in [4.78, 5) is 29.1. The van der Waals surface area contributed by atoms with Gasteiger partial charge in [0.1, 0.15) is 11.4 Å². The molecule has 0 atom stereocenters. The Bertz CT molecular complexity index is 485. The van der Waals surface area contributed by atoms with Gasteiger partial charge in [-0.05, 0) is 27.7 Å². The fraction of sp³-hybridized carbons (Fsp3) is 0.583. The highest BCUT2D eigenvalue weighted by Crippen LogP contribution is 2.16. The minimum atomic E-state index is -0.796. The van der Waals surface area contributed by atoms with Gasteiger partial charge in [-0.25, -0.2) is 9.78 Å². The molecule has 1 saturated heterocycles. The molecular weight excluding hydrogens is 232 g/mol. The van der Waals surface area contributed by atoms with Gasteiger partial charge >= 0.3 is 6.03 Å². The first-order chi connectivity index (χ1) is 8.33. The lowest BCUT2D eigenvalue weighted by Crippen LogP contribution is -2.40. The van der Waals surface area contributed by atoms with E-state index in [9.17, 15) is 9.59 Å². The summed E-state index contributed by atoms with van der Waals surface area (Å²) < 4.78 is 1.99. The monoisotopic (exact) mass is 250 g/mol. The van der Waals surface area contributed by atoms with Crippen molar-refractivity contribution < 1.29 is 9.59 Å². The second-order valence-corrected chi connectivity index (χ2v) is 5.11. The first-order valence-corrected chi connectivity index (χ1v) is 5.96. The SMILES string of the molecule is Cc1cnc(C)n1CCN1C(=O)NC(C)(C)C1=O. The first-order valence-electron chi connectivity index (χ1n) is 5.96. The Labute approximate surface area is 106 Å². The molecule has 0 bridgehead atoms. The second-order valence-electron chi connectivity index (χ2n) is 5.11. The minimum absolute atomic E-state index is 0.178. The minimum Gasteiger partial charge on any atom is -0.331 e. The number of carbonyl (C=O) groups excluding carboxylic acids is 2. The maximum atomic E-state index is 12.0. The van der Waals surface area contributed by atoms with Gasteiger partial charge in [0.2, 0.25) is 0 Å². The molecule has 0 radical (unpaired) electrons. The summed E-state index contributed by atoms with van der Waals surface area (Å²) in [5.74, 6) is 0.710. The van der Waals surface area contributed by atoms with Gasteiger partial charge in [0, 0.05) is 25.0 Å². The molecule has 0 saturated carbocycles. The predicted octanol–water partition coefficient (Wildman–Crippen LogP) is 0.830. The summed E-state index contributed by atoms with van der Waals surface area (Å²) in [6.07, 6.45) is 1.78. The first kappa shape index (κ1) is 12.6. The number of carbonyl (C=O) groups is 2. The molecule has 0 unspecified atom stereocenters. The van der Waals surface area contributed by atoms with Crippen molar-refractivity contribution in [1.29, 1.82) is 0 Å². The number of nitrogens with one attached hydrogen (secondary N) is 1. The number of imide groups is 1. The molecule has 3 amide bonds. The van der Waals surface area contributed by atoms with Gasteiger partial charge < -0.3 is 9.88 Å². The highest BCUT2D eigenvalue weighted by molar-refractivity contribution is 6.06. The summed E-state index contributed by atoms with van der Waals surface area (Å²) in [6.45, 7) is 8.22. The highest BCUT2D eigenvalue weighted by atomic mass is 16.2. The summed E-state index contributed by atoms with van der Waals surface area (Å²) >= 11 is 0. The van der Waals surface area contributed by atoms with Crippen LogP contribution in [0.1, 0.15) is 25.4 Å². The molecular formula is C12H18N4O2. The van der Waals surface area contributed by atoms with Gasteiger partial charge in [-0.2, -0.15) is 0 Å². The smallest absolute Gasteiger partial charge is 0.325 e. The molecule has 6 heteroatoms. The molecule has 1 N–H and O–H groups in total. The number of amides is 3. The highest BCUT2D eigenvalue weighted by Gasteiger charge is 2.43. The molecule has 1 fully saturated rings. The van der Waals surface area contributed by atoms with E-state index in [2.05, 4.69) is 10.3 Å². The Morgan fingerprint density at radius 3 is 2.39 bits per heavy atom. The van der Waals surface area contributed by atoms with Gasteiger partial charge in [0.05, 0.1) is 0 Å². The number of rotatable bonds is 3. The maximum Gasteiger partial charge on any atom is 0.325 e. The fourth-order valence-electron chi connectivity index (χ4n) is 2.14. The third-order valence-corrected chi connectivity index (χ3v) is 3.25. The molecule has 1 aliphatic heterocycles. The van der Waals surface area contributed by atoms with Crippen LogP contribution in [0.4, 0.5) is 4.79 Å². The van der Waals surface area contributed by atoms with Crippen LogP contribution >= 0.6 is 0 Å². The summed E-state index contributed by atoms with van der Waals surface area (Å²) in [7, 11) is 0. The van der Waals surface area contributed by atoms with E-state index in [0.717, 1.165) is 11.5 Å². The molecule has 6 nitrogen and oxygen atoms in total. The van der Waals surface area contributed by atoms with Gasteiger partial charge in [0.25, 0.3) is 5.91 Å². The Balaban J connectivity index is 2.08. The largest absolute Gasteiger partial charge is 0.331 e. The Morgan fingerprint density at radius 1 is 1.28 bits per heavy atom. The second kappa shape index (κ2) is 4.12. The number of aryl methyl sites for hydroxylation is 2. The van der Waals surface area contributed by atoms with Crippen LogP contribution in [0.2, 0.25) is 0 Å². The molecule has 98 valence electrons. The van der Waals surface area contributed by atoms with Gasteiger partial charge in [-0.1, -0.05) is 0 Å². The average Bonchev–Trinajstić information content (AvgIpc) is 2.67. The zero-order chi connectivity index (χ0) is 13.5. The number of hydrogen-bond acceptors (Lipinski definition) is 3. The van der Waals surface area contributed by atoms with E-state index in [4.69, 9.17) is 0 Å². The van der Waals surface area contributed by atoms with Crippen molar-refractivity contribution in [2.75, 3.05) is 6.54 Å². The molecule has 0 spiro atoms. The van der Waals surface area contributed by atoms with Gasteiger partial charge in [0.15, 0.2) is 0 Å². The zero-order valence-corrected chi connectivity index (χ0v) is 11.1. The van der Waals surface area contributed by atoms with Crippen LogP contribution < -0.4 is 5.32 Å². The van der Waals surface area contributed by atoms with Crippen LogP contribution in [0.3, 0.4) is 0 Å². The van der Waals surface area contributed by atoms with Crippen molar-refractivity contribution in [1.82, 2.24) is 19.8 Å². The molecule has 1 aromatic heterocycles. The molecule has 2 heterocycles. The quantitative estimate of drug-likeness (QED) is 0.808. The third-order valence-electron chi connectivity index (χ3n) is 3.25. The Kier molecular flexibility index (Phi) is 2.88. The lowest BCUT2D eigenvalue weighted by molar-refractivity contribution is -0.130. The molecule has 1 aromatic rings. The van der Waals surface area contributed by atoms with Crippen molar-refractivity contribution in [3.05, 3.63) is 17.7 Å². The zero-order valence-electron chi connectivity index (χ0n) is 11.1. The maximum absolute atomic E-state index is 12.0. The van der Waals surface area contributed by atoms with E-state index in [-0.39, 0.29) is 11.9 Å². The number of aromatic nitrogens is 2. The summed E-state index contributed by atoms with van der Waals surface area (Å²) in [6, 6.07) is -0.319. The molecule has 1 aliphatic rings. The lowest BCUT2D eigenvalue weighted by atomic mass is 10.1. The predicted molar refractivity (Wildman–Crippen MR) is 66.0 cm³/mol. The van der Waals surface area contributed by atoms with E-state index in [1.165, 1.54) is 4.90 Å².